The van der Waals surface area contributed by atoms with Crippen molar-refractivity contribution in [2.24, 2.45) is 5.41 Å². The van der Waals surface area contributed by atoms with Crippen molar-refractivity contribution in [2.45, 2.75) is 45.2 Å². The average molecular weight is 240 g/mol. The summed E-state index contributed by atoms with van der Waals surface area (Å²) in [7, 11) is 1.47. The second-order valence-corrected chi connectivity index (χ2v) is 6.13. The van der Waals surface area contributed by atoms with Gasteiger partial charge in [0.05, 0.1) is 13.5 Å². The van der Waals surface area contributed by atoms with Crippen LogP contribution in [0.25, 0.3) is 0 Å². The van der Waals surface area contributed by atoms with Crippen molar-refractivity contribution in [3.8, 4) is 0 Å². The summed E-state index contributed by atoms with van der Waals surface area (Å²) in [5.41, 5.74) is 0.285. The van der Waals surface area contributed by atoms with E-state index in [-0.39, 0.29) is 11.4 Å². The summed E-state index contributed by atoms with van der Waals surface area (Å²) < 4.78 is 4.80. The number of nitrogens with zero attached hydrogens (tertiary/aromatic N) is 1. The largest absolute Gasteiger partial charge is 0.469 e. The molecule has 2 fully saturated rings. The van der Waals surface area contributed by atoms with Crippen molar-refractivity contribution in [2.75, 3.05) is 26.7 Å². The van der Waals surface area contributed by atoms with E-state index in [4.69, 9.17) is 4.74 Å². The van der Waals surface area contributed by atoms with Crippen molar-refractivity contribution >= 4 is 5.97 Å². The molecule has 0 radical (unpaired) electrons. The summed E-state index contributed by atoms with van der Waals surface area (Å²) >= 11 is 0. The van der Waals surface area contributed by atoms with E-state index in [1.807, 2.05) is 0 Å². The molecule has 2 aliphatic rings. The first-order chi connectivity index (χ1) is 8.02. The van der Waals surface area contributed by atoms with Gasteiger partial charge in [-0.05, 0) is 18.3 Å². The standard InChI is InChI=1S/C13H24N2O2/c1-13(2)8-14-7-11(6-12(16)17-3)15(9-13)10-4-5-10/h10-11,14H,4-9H2,1-3H3. The molecule has 0 amide bonds. The fraction of sp³-hybridized carbons (Fsp3) is 0.923. The predicted molar refractivity (Wildman–Crippen MR) is 66.8 cm³/mol. The molecule has 2 rings (SSSR count). The Bertz CT molecular complexity index is 287. The second-order valence-electron chi connectivity index (χ2n) is 6.13. The number of carbonyl (C=O) groups excluding carboxylic acids is 1. The molecule has 0 bridgehead atoms. The smallest absolute Gasteiger partial charge is 0.307 e. The molecule has 0 aromatic rings. The fourth-order valence-electron chi connectivity index (χ4n) is 2.67. The van der Waals surface area contributed by atoms with Gasteiger partial charge in [-0.2, -0.15) is 0 Å². The van der Waals surface area contributed by atoms with Gasteiger partial charge in [-0.3, -0.25) is 9.69 Å². The topological polar surface area (TPSA) is 41.6 Å². The summed E-state index contributed by atoms with van der Waals surface area (Å²) in [6, 6.07) is 1.00. The van der Waals surface area contributed by atoms with E-state index in [1.54, 1.807) is 0 Å². The third-order valence-corrected chi connectivity index (χ3v) is 3.71. The van der Waals surface area contributed by atoms with Crippen molar-refractivity contribution in [1.29, 1.82) is 0 Å². The fourth-order valence-corrected chi connectivity index (χ4v) is 2.67. The van der Waals surface area contributed by atoms with Crippen LogP contribution in [0.1, 0.15) is 33.1 Å². The van der Waals surface area contributed by atoms with Crippen LogP contribution in [-0.4, -0.2) is 49.7 Å². The van der Waals surface area contributed by atoms with E-state index >= 15 is 0 Å². The van der Waals surface area contributed by atoms with Crippen LogP contribution in [0.4, 0.5) is 0 Å². The molecule has 4 heteroatoms. The normalized spacial score (nSPS) is 29.7. The van der Waals surface area contributed by atoms with Gasteiger partial charge in [0, 0.05) is 31.7 Å². The SMILES string of the molecule is COC(=O)CC1CNCC(C)(C)CN1C1CC1. The molecule has 1 aliphatic carbocycles. The monoisotopic (exact) mass is 240 g/mol. The number of ether oxygens (including phenoxy) is 1. The number of methoxy groups -OCH3 is 1. The highest BCUT2D eigenvalue weighted by Gasteiger charge is 2.39. The van der Waals surface area contributed by atoms with Crippen molar-refractivity contribution < 1.29 is 9.53 Å². The highest BCUT2D eigenvalue weighted by molar-refractivity contribution is 5.70. The predicted octanol–water partition coefficient (Wildman–Crippen LogP) is 1.01. The van der Waals surface area contributed by atoms with Crippen LogP contribution in [0.3, 0.4) is 0 Å². The zero-order chi connectivity index (χ0) is 12.5. The number of esters is 1. The summed E-state index contributed by atoms with van der Waals surface area (Å²) in [5.74, 6) is -0.0952. The summed E-state index contributed by atoms with van der Waals surface area (Å²) in [6.45, 7) is 7.57. The van der Waals surface area contributed by atoms with Crippen molar-refractivity contribution in [3.63, 3.8) is 0 Å². The third-order valence-electron chi connectivity index (χ3n) is 3.71. The molecule has 1 atom stereocenters. The highest BCUT2D eigenvalue weighted by Crippen LogP contribution is 2.33. The van der Waals surface area contributed by atoms with Gasteiger partial charge in [-0.15, -0.1) is 0 Å². The van der Waals surface area contributed by atoms with Crippen LogP contribution < -0.4 is 5.32 Å². The van der Waals surface area contributed by atoms with Crippen LogP contribution in [0.2, 0.25) is 0 Å². The minimum Gasteiger partial charge on any atom is -0.469 e. The lowest BCUT2D eigenvalue weighted by Gasteiger charge is -2.33. The Hall–Kier alpha value is -0.610. The maximum atomic E-state index is 11.5. The van der Waals surface area contributed by atoms with Gasteiger partial charge in [-0.25, -0.2) is 0 Å². The molecule has 0 aromatic carbocycles. The molecule has 1 N–H and O–H groups in total. The zero-order valence-corrected chi connectivity index (χ0v) is 11.2. The average Bonchev–Trinajstić information content (AvgIpc) is 3.07. The molecular weight excluding hydrogens is 216 g/mol. The second kappa shape index (κ2) is 4.94. The van der Waals surface area contributed by atoms with Gasteiger partial charge in [0.1, 0.15) is 0 Å². The number of hydrogen-bond acceptors (Lipinski definition) is 4. The van der Waals surface area contributed by atoms with Gasteiger partial charge in [0.15, 0.2) is 0 Å². The molecular formula is C13H24N2O2. The molecule has 1 saturated carbocycles. The molecule has 1 aliphatic heterocycles. The maximum absolute atomic E-state index is 11.5. The molecule has 0 aromatic heterocycles. The van der Waals surface area contributed by atoms with Gasteiger partial charge >= 0.3 is 5.97 Å². The molecule has 17 heavy (non-hydrogen) atoms. The molecule has 1 saturated heterocycles. The minimum atomic E-state index is -0.0952. The maximum Gasteiger partial charge on any atom is 0.307 e. The highest BCUT2D eigenvalue weighted by atomic mass is 16.5. The Labute approximate surface area is 104 Å². The first-order valence-corrected chi connectivity index (χ1v) is 6.55. The van der Waals surface area contributed by atoms with Gasteiger partial charge in [0.2, 0.25) is 0 Å². The Morgan fingerprint density at radius 1 is 1.47 bits per heavy atom. The van der Waals surface area contributed by atoms with Gasteiger partial charge in [-0.1, -0.05) is 13.8 Å². The molecule has 98 valence electrons. The van der Waals surface area contributed by atoms with Gasteiger partial charge in [0.25, 0.3) is 0 Å². The lowest BCUT2D eigenvalue weighted by atomic mass is 9.93. The minimum absolute atomic E-state index is 0.0952. The number of hydrogen-bond donors (Lipinski definition) is 1. The molecule has 4 nitrogen and oxygen atoms in total. The summed E-state index contributed by atoms with van der Waals surface area (Å²) in [5, 5.41) is 3.48. The first kappa shape index (κ1) is 12.8. The summed E-state index contributed by atoms with van der Waals surface area (Å²) in [4.78, 5) is 14.0. The van der Waals surface area contributed by atoms with Crippen molar-refractivity contribution in [3.05, 3.63) is 0 Å². The van der Waals surface area contributed by atoms with Crippen LogP contribution in [0.15, 0.2) is 0 Å². The van der Waals surface area contributed by atoms with E-state index in [2.05, 4.69) is 24.1 Å². The Balaban J connectivity index is 2.03. The number of nitrogens with one attached hydrogen (secondary N) is 1. The van der Waals surface area contributed by atoms with Crippen LogP contribution in [0.5, 0.6) is 0 Å². The molecule has 1 heterocycles. The lowest BCUT2D eigenvalue weighted by molar-refractivity contribution is -0.142. The molecule has 1 unspecified atom stereocenters. The number of carbonyl (C=O) groups is 1. The van der Waals surface area contributed by atoms with Gasteiger partial charge < -0.3 is 10.1 Å². The van der Waals surface area contributed by atoms with Crippen LogP contribution in [0, 0.1) is 5.41 Å². The summed E-state index contributed by atoms with van der Waals surface area (Å²) in [6.07, 6.45) is 3.08. The van der Waals surface area contributed by atoms with Crippen LogP contribution in [-0.2, 0) is 9.53 Å². The van der Waals surface area contributed by atoms with Crippen LogP contribution >= 0.6 is 0 Å². The molecule has 0 spiro atoms. The van der Waals surface area contributed by atoms with E-state index in [9.17, 15) is 4.79 Å². The number of rotatable bonds is 3. The van der Waals surface area contributed by atoms with E-state index in [1.165, 1.54) is 20.0 Å². The van der Waals surface area contributed by atoms with E-state index in [0.29, 0.717) is 18.5 Å². The third kappa shape index (κ3) is 3.42. The van der Waals surface area contributed by atoms with E-state index in [0.717, 1.165) is 19.6 Å². The van der Waals surface area contributed by atoms with E-state index < -0.39 is 0 Å². The lowest BCUT2D eigenvalue weighted by Crippen LogP contribution is -2.44. The quantitative estimate of drug-likeness (QED) is 0.748. The zero-order valence-electron chi connectivity index (χ0n) is 11.2. The van der Waals surface area contributed by atoms with Crippen molar-refractivity contribution in [1.82, 2.24) is 10.2 Å². The Morgan fingerprint density at radius 3 is 2.76 bits per heavy atom. The Kier molecular flexibility index (Phi) is 3.73. The Morgan fingerprint density at radius 2 is 2.18 bits per heavy atom. The first-order valence-electron chi connectivity index (χ1n) is 6.55.